The average Bonchev–Trinajstić information content (AvgIpc) is 2.53. The van der Waals surface area contributed by atoms with Crippen LogP contribution in [0.3, 0.4) is 0 Å². The Morgan fingerprint density at radius 2 is 2.08 bits per heavy atom. The van der Waals surface area contributed by atoms with Gasteiger partial charge in [-0.1, -0.05) is 12.1 Å². The normalized spacial score (nSPS) is 10.2. The number of rotatable bonds is 1. The van der Waals surface area contributed by atoms with Crippen LogP contribution >= 0.6 is 15.9 Å². The van der Waals surface area contributed by atoms with Gasteiger partial charge >= 0.3 is 0 Å². The Bertz CT molecular complexity index is 425. The monoisotopic (exact) mass is 238 g/mol. The number of nitrogens with one attached hydrogen (secondary N) is 1. The summed E-state index contributed by atoms with van der Waals surface area (Å²) < 4.78 is 0.797. The predicted octanol–water partition coefficient (Wildman–Crippen LogP) is 2.54. The average molecular weight is 239 g/mol. The summed E-state index contributed by atoms with van der Waals surface area (Å²) in [6.45, 7) is 0. The van der Waals surface area contributed by atoms with Crippen molar-refractivity contribution in [3.05, 3.63) is 35.1 Å². The van der Waals surface area contributed by atoms with Crippen molar-refractivity contribution in [2.45, 2.75) is 0 Å². The molecule has 0 aliphatic heterocycles. The number of hydrogen-bond acceptors (Lipinski definition) is 2. The van der Waals surface area contributed by atoms with Gasteiger partial charge in [-0.05, 0) is 28.1 Å². The van der Waals surface area contributed by atoms with Crippen LogP contribution in [0, 0.1) is 0 Å². The molecule has 4 heteroatoms. The molecule has 2 aromatic rings. The number of halogens is 1. The molecule has 0 bridgehead atoms. The fourth-order valence-electron chi connectivity index (χ4n) is 1.11. The summed E-state index contributed by atoms with van der Waals surface area (Å²) in [5.74, 6) is 0.884. The molecule has 0 aliphatic rings. The lowest BCUT2D eigenvalue weighted by Gasteiger charge is -1.98. The molecule has 13 heavy (non-hydrogen) atoms. The smallest absolute Gasteiger partial charge is 0.141 e. The maximum absolute atomic E-state index is 9.50. The van der Waals surface area contributed by atoms with Gasteiger partial charge in [0.1, 0.15) is 16.2 Å². The molecule has 1 aromatic carbocycles. The Hall–Kier alpha value is -1.29. The van der Waals surface area contributed by atoms with Crippen LogP contribution < -0.4 is 0 Å². The van der Waals surface area contributed by atoms with E-state index in [1.165, 1.54) is 0 Å². The summed E-state index contributed by atoms with van der Waals surface area (Å²) in [7, 11) is 0. The number of para-hydroxylation sites is 1. The number of H-pyrrole nitrogens is 1. The Kier molecular flexibility index (Phi) is 2.06. The highest BCUT2D eigenvalue weighted by Crippen LogP contribution is 2.26. The van der Waals surface area contributed by atoms with E-state index in [4.69, 9.17) is 0 Å². The van der Waals surface area contributed by atoms with Crippen LogP contribution in [0.15, 0.2) is 35.1 Å². The number of imidazole rings is 1. The SMILES string of the molecule is Oc1ccccc1-c1ncc(Br)[nH]1. The number of benzene rings is 1. The van der Waals surface area contributed by atoms with Gasteiger partial charge in [-0.15, -0.1) is 0 Å². The standard InChI is InChI=1S/C9H7BrN2O/c10-8-5-11-9(12-8)6-3-1-2-4-7(6)13/h1-5,13H,(H,11,12). The fourth-order valence-corrected chi connectivity index (χ4v) is 1.40. The minimum atomic E-state index is 0.226. The maximum Gasteiger partial charge on any atom is 0.141 e. The topological polar surface area (TPSA) is 48.9 Å². The molecule has 2 rings (SSSR count). The molecule has 0 atom stereocenters. The number of phenolic OH excluding ortho intramolecular Hbond substituents is 1. The molecule has 0 saturated heterocycles. The van der Waals surface area contributed by atoms with Crippen molar-refractivity contribution in [1.82, 2.24) is 9.97 Å². The van der Waals surface area contributed by atoms with E-state index >= 15 is 0 Å². The second-order valence-corrected chi connectivity index (χ2v) is 3.45. The van der Waals surface area contributed by atoms with E-state index in [0.717, 1.165) is 4.60 Å². The van der Waals surface area contributed by atoms with Crippen molar-refractivity contribution in [3.8, 4) is 17.1 Å². The Balaban J connectivity index is 2.52. The number of aromatic hydroxyl groups is 1. The summed E-state index contributed by atoms with van der Waals surface area (Å²) in [4.78, 5) is 7.06. The summed E-state index contributed by atoms with van der Waals surface area (Å²) in [5, 5.41) is 9.50. The molecule has 1 aromatic heterocycles. The van der Waals surface area contributed by atoms with Crippen LogP contribution in [0.5, 0.6) is 5.75 Å². The molecule has 0 amide bonds. The first-order valence-corrected chi connectivity index (χ1v) is 4.55. The highest BCUT2D eigenvalue weighted by molar-refractivity contribution is 9.10. The largest absolute Gasteiger partial charge is 0.507 e. The second kappa shape index (κ2) is 3.22. The summed E-state index contributed by atoms with van der Waals surface area (Å²) >= 11 is 3.25. The van der Waals surface area contributed by atoms with Gasteiger partial charge in [-0.2, -0.15) is 0 Å². The molecule has 0 radical (unpaired) electrons. The van der Waals surface area contributed by atoms with Crippen molar-refractivity contribution in [2.75, 3.05) is 0 Å². The van der Waals surface area contributed by atoms with Crippen molar-refractivity contribution in [3.63, 3.8) is 0 Å². The Morgan fingerprint density at radius 3 is 2.69 bits per heavy atom. The van der Waals surface area contributed by atoms with Gasteiger partial charge in [-0.3, -0.25) is 0 Å². The highest BCUT2D eigenvalue weighted by Gasteiger charge is 2.05. The molecule has 0 unspecified atom stereocenters. The van der Waals surface area contributed by atoms with Crippen LogP contribution in [-0.4, -0.2) is 15.1 Å². The number of phenols is 1. The molecule has 0 spiro atoms. The highest BCUT2D eigenvalue weighted by atomic mass is 79.9. The van der Waals surface area contributed by atoms with Gasteiger partial charge in [0.25, 0.3) is 0 Å². The number of aromatic amines is 1. The molecular weight excluding hydrogens is 232 g/mol. The first kappa shape index (κ1) is 8.31. The molecule has 0 saturated carbocycles. The maximum atomic E-state index is 9.50. The third kappa shape index (κ3) is 1.58. The molecule has 3 nitrogen and oxygen atoms in total. The minimum absolute atomic E-state index is 0.226. The van der Waals surface area contributed by atoms with E-state index in [1.807, 2.05) is 6.07 Å². The molecule has 0 fully saturated rings. The lowest BCUT2D eigenvalue weighted by Crippen LogP contribution is -1.80. The summed E-state index contributed by atoms with van der Waals surface area (Å²) in [6.07, 6.45) is 1.65. The van der Waals surface area contributed by atoms with E-state index in [0.29, 0.717) is 11.4 Å². The van der Waals surface area contributed by atoms with Gasteiger partial charge in [0.15, 0.2) is 0 Å². The number of aromatic nitrogens is 2. The van der Waals surface area contributed by atoms with Crippen LogP contribution in [0.4, 0.5) is 0 Å². The van der Waals surface area contributed by atoms with Crippen molar-refractivity contribution in [1.29, 1.82) is 0 Å². The molecule has 0 aliphatic carbocycles. The lowest BCUT2D eigenvalue weighted by molar-refractivity contribution is 0.477. The van der Waals surface area contributed by atoms with Crippen LogP contribution in [0.25, 0.3) is 11.4 Å². The van der Waals surface area contributed by atoms with Gasteiger partial charge in [0, 0.05) is 0 Å². The lowest BCUT2D eigenvalue weighted by atomic mass is 10.2. The number of hydrogen-bond donors (Lipinski definition) is 2. The van der Waals surface area contributed by atoms with E-state index in [-0.39, 0.29) is 5.75 Å². The van der Waals surface area contributed by atoms with E-state index < -0.39 is 0 Å². The number of nitrogens with zero attached hydrogens (tertiary/aromatic N) is 1. The zero-order valence-electron chi connectivity index (χ0n) is 6.66. The second-order valence-electron chi connectivity index (χ2n) is 2.60. The van der Waals surface area contributed by atoms with Crippen molar-refractivity contribution >= 4 is 15.9 Å². The summed E-state index contributed by atoms with van der Waals surface area (Å²) in [6, 6.07) is 7.06. The van der Waals surface area contributed by atoms with E-state index in [9.17, 15) is 5.11 Å². The zero-order chi connectivity index (χ0) is 9.26. The van der Waals surface area contributed by atoms with Crippen LogP contribution in [-0.2, 0) is 0 Å². The quantitative estimate of drug-likeness (QED) is 0.803. The molecule has 2 N–H and O–H groups in total. The molecule has 66 valence electrons. The fraction of sp³-hybridized carbons (Fsp3) is 0. The van der Waals surface area contributed by atoms with E-state index in [1.54, 1.807) is 24.4 Å². The summed E-state index contributed by atoms with van der Waals surface area (Å²) in [5.41, 5.74) is 0.702. The van der Waals surface area contributed by atoms with Crippen LogP contribution in [0.1, 0.15) is 0 Å². The van der Waals surface area contributed by atoms with Crippen LogP contribution in [0.2, 0.25) is 0 Å². The van der Waals surface area contributed by atoms with Gasteiger partial charge in [0.2, 0.25) is 0 Å². The first-order chi connectivity index (χ1) is 6.27. The molecular formula is C9H7BrN2O. The predicted molar refractivity (Wildman–Crippen MR) is 53.4 cm³/mol. The van der Waals surface area contributed by atoms with Gasteiger partial charge in [-0.25, -0.2) is 4.98 Å². The van der Waals surface area contributed by atoms with Gasteiger partial charge < -0.3 is 10.1 Å². The van der Waals surface area contributed by atoms with Crippen molar-refractivity contribution in [2.24, 2.45) is 0 Å². The van der Waals surface area contributed by atoms with Crippen molar-refractivity contribution < 1.29 is 5.11 Å². The Labute approximate surface area is 83.6 Å². The zero-order valence-corrected chi connectivity index (χ0v) is 8.25. The van der Waals surface area contributed by atoms with Gasteiger partial charge in [0.05, 0.1) is 11.8 Å². The Morgan fingerprint density at radius 1 is 1.31 bits per heavy atom. The molecule has 1 heterocycles. The van der Waals surface area contributed by atoms with E-state index in [2.05, 4.69) is 25.9 Å². The minimum Gasteiger partial charge on any atom is -0.507 e. The third-order valence-corrected chi connectivity index (χ3v) is 2.11. The first-order valence-electron chi connectivity index (χ1n) is 3.76. The third-order valence-electron chi connectivity index (χ3n) is 1.70.